The van der Waals surface area contributed by atoms with Crippen LogP contribution in [-0.2, 0) is 44.7 Å². The molecule has 12 aromatic rings. The zero-order valence-electron chi connectivity index (χ0n) is 64.5. The second kappa shape index (κ2) is 38.8. The quantitative estimate of drug-likeness (QED) is 0.0114. The molecule has 0 unspecified atom stereocenters. The van der Waals surface area contributed by atoms with Gasteiger partial charge in [-0.1, -0.05) is 132 Å². The lowest BCUT2D eigenvalue weighted by Crippen LogP contribution is -2.24. The summed E-state index contributed by atoms with van der Waals surface area (Å²) in [4.78, 5) is 168. The molecule has 596 valence electrons. The van der Waals surface area contributed by atoms with Crippen molar-refractivity contribution in [2.45, 2.75) is 39.5 Å². The van der Waals surface area contributed by atoms with Gasteiger partial charge in [-0.05, 0) is 241 Å². The van der Waals surface area contributed by atoms with Crippen LogP contribution in [0.1, 0.15) is 180 Å². The molecule has 0 saturated heterocycles. The van der Waals surface area contributed by atoms with Gasteiger partial charge in [-0.15, -0.1) is 0 Å². The van der Waals surface area contributed by atoms with Gasteiger partial charge in [0.05, 0.1) is 61.4 Å². The molecule has 12 aromatic carbocycles. The van der Waals surface area contributed by atoms with E-state index in [2.05, 4.69) is 92.5 Å². The molecule has 0 aliphatic carbocycles. The fraction of sp³-hybridized carbons (Fsp3) is 0.0851. The van der Waals surface area contributed by atoms with E-state index in [9.17, 15) is 67.1 Å². The maximum absolute atomic E-state index is 12.6. The van der Waals surface area contributed by atoms with E-state index in [1.165, 1.54) is 114 Å². The number of amides is 6. The molecular formula is C94H71ClN8O17. The molecule has 0 radical (unpaired) electrons. The van der Waals surface area contributed by atoms with E-state index < -0.39 is 35.1 Å². The molecule has 4 heterocycles. The molecule has 0 fully saturated rings. The number of carboxylic acid groups (broad SMARTS) is 1. The molecule has 120 heavy (non-hydrogen) atoms. The number of isocyanates is 2. The van der Waals surface area contributed by atoms with Crippen LogP contribution in [0, 0.1) is 13.8 Å². The molecule has 0 aromatic heterocycles. The number of hydrogen-bond donors (Lipinski definition) is 5. The summed E-state index contributed by atoms with van der Waals surface area (Å²) in [7, 11) is 2.87. The van der Waals surface area contributed by atoms with Gasteiger partial charge in [-0.25, -0.2) is 33.6 Å². The molecule has 16 rings (SSSR count). The highest BCUT2D eigenvalue weighted by Crippen LogP contribution is 2.29. The van der Waals surface area contributed by atoms with Gasteiger partial charge < -0.3 is 36.7 Å². The Bertz CT molecular complexity index is 5750. The number of aryl methyl sites for hydroxylation is 2. The number of aliphatic imine (C=N–C) groups is 2. The first-order valence-corrected chi connectivity index (χ1v) is 37.1. The molecular weight excluding hydrogens is 1550 g/mol. The number of halogens is 1. The van der Waals surface area contributed by atoms with Gasteiger partial charge in [0.15, 0.2) is 0 Å². The number of fused-ring (bicyclic) bond motifs is 4. The molecule has 0 spiro atoms. The minimum atomic E-state index is -1.15. The fourth-order valence-corrected chi connectivity index (χ4v) is 12.5. The Labute approximate surface area is 691 Å². The first kappa shape index (κ1) is 84.8. The van der Waals surface area contributed by atoms with Crippen LogP contribution in [0.25, 0.3) is 0 Å². The molecule has 0 bridgehead atoms. The third-order valence-electron chi connectivity index (χ3n) is 18.9. The number of nitrogens with zero attached hydrogens (tertiary/aromatic N) is 4. The van der Waals surface area contributed by atoms with E-state index >= 15 is 0 Å². The van der Waals surface area contributed by atoms with E-state index in [4.69, 9.17) is 28.2 Å². The third-order valence-corrected chi connectivity index (χ3v) is 19.2. The van der Waals surface area contributed by atoms with Crippen LogP contribution in [0.15, 0.2) is 277 Å². The van der Waals surface area contributed by atoms with Crippen LogP contribution in [-0.4, -0.2) is 112 Å². The van der Waals surface area contributed by atoms with Crippen LogP contribution in [0.3, 0.4) is 0 Å². The molecule has 25 nitrogen and oxygen atoms in total. The molecule has 6 amide bonds. The molecule has 0 saturated carbocycles. The van der Waals surface area contributed by atoms with Gasteiger partial charge in [0.2, 0.25) is 12.2 Å². The number of esters is 4. The van der Waals surface area contributed by atoms with Crippen molar-refractivity contribution in [3.05, 3.63) is 389 Å². The summed E-state index contributed by atoms with van der Waals surface area (Å²) >= 11 is 5.21. The molecule has 26 heteroatoms. The standard InChI is InChI=1S/2C24H20N2O3.C15H10N2O2.C13H14N2.C9H3ClO4.C9H4O5/c2*1-15-3-5-16(6-4-15)13-17-7-10-19(11-8-17)25-22(27)18-9-12-20-21(14-18)24(29)26(2)23(20)28;18-10-16-14-5-1-12(2-6-14)9-13-3-7-15(8-4-13)17-11-19;14-12-5-1-10(2-6-12)9-11-3-7-13(15)8-4-11;2*10-7(11)4-1-2-5-6(3-4)9(13)14-8(5)12/h2*3-12,14H,13H2,1-2H3,(H,25,27);1-8H,9H2;1-8H,9,14-15H2;1-3H;1-3H,(H,10,11). The number of cyclic esters (lactones) is 4. The third kappa shape index (κ3) is 21.9. The maximum Gasteiger partial charge on any atom is 0.346 e. The van der Waals surface area contributed by atoms with Crippen molar-refractivity contribution in [2.24, 2.45) is 9.98 Å². The summed E-state index contributed by atoms with van der Waals surface area (Å²) in [6.07, 6.45) is 6.33. The maximum atomic E-state index is 12.6. The Morgan fingerprint density at radius 1 is 0.350 bits per heavy atom. The first-order chi connectivity index (χ1) is 57.6. The van der Waals surface area contributed by atoms with Crippen molar-refractivity contribution in [3.63, 3.8) is 0 Å². The van der Waals surface area contributed by atoms with Crippen LogP contribution < -0.4 is 22.1 Å². The molecule has 7 N–H and O–H groups in total. The topological polar surface area (TPSA) is 385 Å². The number of carbonyl (C=O) groups excluding carboxylic acids is 13. The number of benzene rings is 12. The highest BCUT2D eigenvalue weighted by Gasteiger charge is 2.36. The second-order valence-corrected chi connectivity index (χ2v) is 27.9. The van der Waals surface area contributed by atoms with Crippen LogP contribution in [0.5, 0.6) is 0 Å². The highest BCUT2D eigenvalue weighted by atomic mass is 35.5. The van der Waals surface area contributed by atoms with E-state index in [1.54, 1.807) is 36.4 Å². The summed E-state index contributed by atoms with van der Waals surface area (Å²) in [6, 6.07) is 79.5. The molecule has 4 aliphatic heterocycles. The van der Waals surface area contributed by atoms with Crippen molar-refractivity contribution < 1.29 is 81.7 Å². The van der Waals surface area contributed by atoms with Gasteiger partial charge >= 0.3 is 29.8 Å². The van der Waals surface area contributed by atoms with E-state index in [-0.39, 0.29) is 80.0 Å². The SMILES string of the molecule is Cc1ccc(Cc2ccc(NC(=O)c3ccc4c(c3)C(=O)N(C)C4=O)cc2)cc1.Cc1ccc(Cc2ccc(NC(=O)c3ccc4c(c3)C(=O)N(C)C4=O)cc2)cc1.Nc1ccc(Cc2ccc(N)cc2)cc1.O=C(Cl)c1ccc2c(c1)C(=O)OC2=O.O=C(O)c1ccc2c(c1)C(=O)OC2=O.O=C=Nc1ccc(Cc2ccc(N=C=O)cc2)cc1. The first-order valence-electron chi connectivity index (χ1n) is 36.7. The number of carbonyl (C=O) groups is 12. The number of imide groups is 2. The highest BCUT2D eigenvalue weighted by molar-refractivity contribution is 6.67. The summed E-state index contributed by atoms with van der Waals surface area (Å²) in [5, 5.41) is 13.6. The average molecular weight is 1620 g/mol. The van der Waals surface area contributed by atoms with Crippen molar-refractivity contribution >= 4 is 128 Å². The normalized spacial score (nSPS) is 12.1. The Balaban J connectivity index is 0.000000145. The van der Waals surface area contributed by atoms with Crippen molar-refractivity contribution in [1.82, 2.24) is 9.80 Å². The molecule has 0 atom stereocenters. The number of nitrogen functional groups attached to an aromatic ring is 2. The minimum Gasteiger partial charge on any atom is -0.478 e. The van der Waals surface area contributed by atoms with Crippen molar-refractivity contribution in [2.75, 3.05) is 36.2 Å². The minimum absolute atomic E-state index is 0.00917. The smallest absolute Gasteiger partial charge is 0.346 e. The van der Waals surface area contributed by atoms with Crippen LogP contribution in [0.4, 0.5) is 34.1 Å². The summed E-state index contributed by atoms with van der Waals surface area (Å²) in [5.41, 5.74) is 29.7. The lowest BCUT2D eigenvalue weighted by atomic mass is 10.0. The van der Waals surface area contributed by atoms with Gasteiger partial charge in [0.1, 0.15) is 0 Å². The number of aromatic carboxylic acids is 1. The number of ether oxygens (including phenoxy) is 2. The predicted octanol–water partition coefficient (Wildman–Crippen LogP) is 15.9. The van der Waals surface area contributed by atoms with Gasteiger partial charge in [0.25, 0.3) is 40.7 Å². The van der Waals surface area contributed by atoms with Gasteiger partial charge in [0, 0.05) is 53.5 Å². The van der Waals surface area contributed by atoms with Gasteiger partial charge in [-0.2, -0.15) is 9.98 Å². The van der Waals surface area contributed by atoms with E-state index in [0.717, 1.165) is 75.2 Å². The predicted molar refractivity (Wildman–Crippen MR) is 448 cm³/mol. The Hall–Kier alpha value is -16.1. The fourth-order valence-electron chi connectivity index (χ4n) is 12.4. The number of hydrogen-bond acceptors (Lipinski definition) is 20. The monoisotopic (exact) mass is 1620 g/mol. The zero-order chi connectivity index (χ0) is 85.8. The number of nitrogens with one attached hydrogen (secondary N) is 2. The van der Waals surface area contributed by atoms with Crippen molar-refractivity contribution in [1.29, 1.82) is 0 Å². The number of nitrogens with two attached hydrogens (primary N) is 2. The lowest BCUT2D eigenvalue weighted by Gasteiger charge is -2.08. The Kier molecular flexibility index (Phi) is 27.5. The largest absolute Gasteiger partial charge is 0.478 e. The summed E-state index contributed by atoms with van der Waals surface area (Å²) in [5.74, 6) is -6.25. The van der Waals surface area contributed by atoms with Crippen LogP contribution in [0.2, 0.25) is 0 Å². The lowest BCUT2D eigenvalue weighted by molar-refractivity contribution is 0.0425. The van der Waals surface area contributed by atoms with E-state index in [0.29, 0.717) is 45.0 Å². The summed E-state index contributed by atoms with van der Waals surface area (Å²) < 4.78 is 8.63. The Morgan fingerprint density at radius 3 is 0.925 bits per heavy atom. The summed E-state index contributed by atoms with van der Waals surface area (Å²) in [6.45, 7) is 4.13. The second-order valence-electron chi connectivity index (χ2n) is 27.5. The Morgan fingerprint density at radius 2 is 0.608 bits per heavy atom. The van der Waals surface area contributed by atoms with E-state index in [1.807, 2.05) is 121 Å². The zero-order valence-corrected chi connectivity index (χ0v) is 65.3. The van der Waals surface area contributed by atoms with Gasteiger partial charge in [-0.3, -0.25) is 43.4 Å². The molecule has 4 aliphatic rings. The number of anilines is 4. The average Bonchev–Trinajstić information content (AvgIpc) is 1.65. The van der Waals surface area contributed by atoms with Crippen LogP contribution >= 0.6 is 11.6 Å². The number of carboxylic acids is 1. The van der Waals surface area contributed by atoms with Crippen molar-refractivity contribution in [3.8, 4) is 0 Å². The number of rotatable bonds is 16.